The van der Waals surface area contributed by atoms with E-state index in [1.54, 1.807) is 0 Å². The van der Waals surface area contributed by atoms with Crippen molar-refractivity contribution in [1.82, 2.24) is 10.2 Å². The second kappa shape index (κ2) is 9.03. The molecule has 0 aliphatic carbocycles. The number of hydrogen-bond donors (Lipinski definition) is 2. The highest BCUT2D eigenvalue weighted by atomic mass is 35.5. The van der Waals surface area contributed by atoms with E-state index in [1.165, 1.54) is 5.56 Å². The van der Waals surface area contributed by atoms with Gasteiger partial charge < -0.3 is 15.3 Å². The molecule has 1 aromatic carbocycles. The molecule has 0 radical (unpaired) electrons. The van der Waals surface area contributed by atoms with Crippen molar-refractivity contribution in [2.45, 2.75) is 51.0 Å². The average molecular weight is 339 g/mol. The third-order valence-corrected chi connectivity index (χ3v) is 5.15. The maximum atomic E-state index is 11.5. The number of rotatable bonds is 8. The van der Waals surface area contributed by atoms with E-state index in [-0.39, 0.29) is 5.92 Å². The van der Waals surface area contributed by atoms with E-state index in [0.29, 0.717) is 0 Å². The van der Waals surface area contributed by atoms with Crippen molar-refractivity contribution in [2.75, 3.05) is 32.7 Å². The highest BCUT2D eigenvalue weighted by Gasteiger charge is 2.37. The van der Waals surface area contributed by atoms with Crippen molar-refractivity contribution in [2.24, 2.45) is 0 Å². The van der Waals surface area contributed by atoms with E-state index < -0.39 is 5.60 Å². The zero-order valence-corrected chi connectivity index (χ0v) is 15.3. The van der Waals surface area contributed by atoms with Crippen LogP contribution >= 0.6 is 11.6 Å². The zero-order valence-electron chi connectivity index (χ0n) is 14.5. The molecule has 1 atom stereocenters. The third kappa shape index (κ3) is 5.18. The summed E-state index contributed by atoms with van der Waals surface area (Å²) in [6.07, 6.45) is 3.67. The number of benzene rings is 1. The summed E-state index contributed by atoms with van der Waals surface area (Å²) in [5.41, 5.74) is 0.513. The van der Waals surface area contributed by atoms with Crippen molar-refractivity contribution in [1.29, 1.82) is 0 Å². The van der Waals surface area contributed by atoms with E-state index in [4.69, 9.17) is 11.6 Å². The predicted molar refractivity (Wildman–Crippen MR) is 98.3 cm³/mol. The summed E-state index contributed by atoms with van der Waals surface area (Å²) >= 11 is 6.23. The molecule has 2 N–H and O–H groups in total. The van der Waals surface area contributed by atoms with Gasteiger partial charge >= 0.3 is 0 Å². The van der Waals surface area contributed by atoms with Gasteiger partial charge in [-0.25, -0.2) is 0 Å². The summed E-state index contributed by atoms with van der Waals surface area (Å²) < 4.78 is 0. The Kier molecular flexibility index (Phi) is 7.35. The molecule has 2 rings (SSSR count). The van der Waals surface area contributed by atoms with Gasteiger partial charge in [0, 0.05) is 43.7 Å². The minimum absolute atomic E-state index is 0.110. The molecule has 0 saturated carbocycles. The van der Waals surface area contributed by atoms with Crippen LogP contribution in [-0.2, 0) is 0 Å². The van der Waals surface area contributed by atoms with Crippen LogP contribution in [0.1, 0.15) is 51.0 Å². The molecule has 1 heterocycles. The Morgan fingerprint density at radius 3 is 2.43 bits per heavy atom. The highest BCUT2D eigenvalue weighted by molar-refractivity contribution is 6.30. The summed E-state index contributed by atoms with van der Waals surface area (Å²) in [6.45, 7) is 9.36. The van der Waals surface area contributed by atoms with E-state index in [2.05, 4.69) is 30.1 Å². The third-order valence-electron chi connectivity index (χ3n) is 4.92. The Labute approximate surface area is 146 Å². The van der Waals surface area contributed by atoms with E-state index >= 15 is 0 Å². The van der Waals surface area contributed by atoms with E-state index in [1.807, 2.05) is 18.2 Å². The van der Waals surface area contributed by atoms with Crippen molar-refractivity contribution < 1.29 is 5.11 Å². The quantitative estimate of drug-likeness (QED) is 0.759. The Bertz CT molecular complexity index is 468. The van der Waals surface area contributed by atoms with Crippen LogP contribution < -0.4 is 5.32 Å². The standard InChI is InChI=1S/C19H31ClN2O/c1-3-8-19(23,9-4-2)18(15-22-12-10-21-11-13-22)16-6-5-7-17(20)14-16/h5-7,14,18,21,23H,3-4,8-13,15H2,1-2H3. The summed E-state index contributed by atoms with van der Waals surface area (Å²) in [6, 6.07) is 8.06. The molecule has 0 aromatic heterocycles. The molecule has 0 bridgehead atoms. The van der Waals surface area contributed by atoms with Crippen molar-refractivity contribution in [3.8, 4) is 0 Å². The van der Waals surface area contributed by atoms with Gasteiger partial charge in [-0.2, -0.15) is 0 Å². The lowest BCUT2D eigenvalue weighted by molar-refractivity contribution is -0.0174. The first-order valence-electron chi connectivity index (χ1n) is 9.00. The van der Waals surface area contributed by atoms with Crippen LogP contribution in [0.3, 0.4) is 0 Å². The number of halogens is 1. The number of nitrogens with zero attached hydrogens (tertiary/aromatic N) is 1. The van der Waals surface area contributed by atoms with Crippen LogP contribution in [0, 0.1) is 0 Å². The molecule has 1 aliphatic heterocycles. The van der Waals surface area contributed by atoms with Gasteiger partial charge in [-0.3, -0.25) is 0 Å². The molecule has 130 valence electrons. The fourth-order valence-corrected chi connectivity index (χ4v) is 4.00. The smallest absolute Gasteiger partial charge is 0.0728 e. The highest BCUT2D eigenvalue weighted by Crippen LogP contribution is 2.37. The summed E-state index contributed by atoms with van der Waals surface area (Å²) in [5.74, 6) is 0.110. The van der Waals surface area contributed by atoms with Gasteiger partial charge in [0.25, 0.3) is 0 Å². The molecular weight excluding hydrogens is 308 g/mol. The molecule has 1 aromatic rings. The molecule has 3 nitrogen and oxygen atoms in total. The molecule has 1 fully saturated rings. The van der Waals surface area contributed by atoms with Gasteiger partial charge in [-0.05, 0) is 30.5 Å². The first-order chi connectivity index (χ1) is 11.1. The Morgan fingerprint density at radius 2 is 1.87 bits per heavy atom. The number of piperazine rings is 1. The molecule has 23 heavy (non-hydrogen) atoms. The van der Waals surface area contributed by atoms with Gasteiger partial charge in [0.15, 0.2) is 0 Å². The number of aliphatic hydroxyl groups is 1. The first kappa shape index (κ1) is 18.7. The molecule has 0 amide bonds. The average Bonchev–Trinajstić information content (AvgIpc) is 2.54. The number of hydrogen-bond acceptors (Lipinski definition) is 3. The van der Waals surface area contributed by atoms with Crippen molar-refractivity contribution in [3.63, 3.8) is 0 Å². The lowest BCUT2D eigenvalue weighted by atomic mass is 9.76. The largest absolute Gasteiger partial charge is 0.389 e. The zero-order chi connectivity index (χ0) is 16.7. The molecule has 1 unspecified atom stereocenters. The van der Waals surface area contributed by atoms with Gasteiger partial charge in [0.1, 0.15) is 0 Å². The molecule has 1 aliphatic rings. The van der Waals surface area contributed by atoms with Gasteiger partial charge in [-0.1, -0.05) is 50.4 Å². The van der Waals surface area contributed by atoms with Crippen LogP contribution in [-0.4, -0.2) is 48.3 Å². The lowest BCUT2D eigenvalue weighted by Crippen LogP contribution is -2.49. The maximum absolute atomic E-state index is 11.5. The summed E-state index contributed by atoms with van der Waals surface area (Å²) in [4.78, 5) is 2.47. The second-order valence-corrected chi connectivity index (χ2v) is 7.20. The Balaban J connectivity index is 2.28. The maximum Gasteiger partial charge on any atom is 0.0728 e. The fourth-order valence-electron chi connectivity index (χ4n) is 3.80. The summed E-state index contributed by atoms with van der Waals surface area (Å²) in [5, 5.41) is 15.6. The monoisotopic (exact) mass is 338 g/mol. The molecule has 0 spiro atoms. The minimum Gasteiger partial charge on any atom is -0.389 e. The van der Waals surface area contributed by atoms with E-state index in [0.717, 1.165) is 63.4 Å². The topological polar surface area (TPSA) is 35.5 Å². The minimum atomic E-state index is -0.654. The summed E-state index contributed by atoms with van der Waals surface area (Å²) in [7, 11) is 0. The molecular formula is C19H31ClN2O. The van der Waals surface area contributed by atoms with Crippen molar-refractivity contribution in [3.05, 3.63) is 34.9 Å². The van der Waals surface area contributed by atoms with Gasteiger partial charge in [-0.15, -0.1) is 0 Å². The first-order valence-corrected chi connectivity index (χ1v) is 9.37. The van der Waals surface area contributed by atoms with E-state index in [9.17, 15) is 5.11 Å². The Hall–Kier alpha value is -0.610. The van der Waals surface area contributed by atoms with Crippen molar-refractivity contribution >= 4 is 11.6 Å². The lowest BCUT2D eigenvalue weighted by Gasteiger charge is -2.40. The van der Waals surface area contributed by atoms with Crippen LogP contribution in [0.2, 0.25) is 5.02 Å². The SMILES string of the molecule is CCCC(O)(CCC)C(CN1CCNCC1)c1cccc(Cl)c1. The van der Waals surface area contributed by atoms with Crippen LogP contribution in [0.25, 0.3) is 0 Å². The van der Waals surface area contributed by atoms with Crippen LogP contribution in [0.5, 0.6) is 0 Å². The number of nitrogens with one attached hydrogen (secondary N) is 1. The Morgan fingerprint density at radius 1 is 1.22 bits per heavy atom. The van der Waals surface area contributed by atoms with Crippen LogP contribution in [0.15, 0.2) is 24.3 Å². The van der Waals surface area contributed by atoms with Crippen LogP contribution in [0.4, 0.5) is 0 Å². The normalized spacial score (nSPS) is 18.1. The molecule has 4 heteroatoms. The molecule has 1 saturated heterocycles. The van der Waals surface area contributed by atoms with Gasteiger partial charge in [0.05, 0.1) is 5.60 Å². The second-order valence-electron chi connectivity index (χ2n) is 6.76. The van der Waals surface area contributed by atoms with Gasteiger partial charge in [0.2, 0.25) is 0 Å². The fraction of sp³-hybridized carbons (Fsp3) is 0.684. The predicted octanol–water partition coefficient (Wildman–Crippen LogP) is 3.66.